The number of hydrogen-bond acceptors (Lipinski definition) is 2. The van der Waals surface area contributed by atoms with Crippen molar-refractivity contribution in [3.05, 3.63) is 336 Å². The van der Waals surface area contributed by atoms with Crippen molar-refractivity contribution >= 4 is 102 Å². The first kappa shape index (κ1) is 52.7. The third kappa shape index (κ3) is 9.11. The maximum Gasteiger partial charge on any atom is 0.0540 e. The Morgan fingerprint density at radius 1 is 0.239 bits per heavy atom. The number of benzene rings is 14. The van der Waals surface area contributed by atoms with E-state index in [1.165, 1.54) is 132 Å². The molecule has 0 fully saturated rings. The van der Waals surface area contributed by atoms with Gasteiger partial charge in [-0.25, -0.2) is 0 Å². The Bertz CT molecular complexity index is 4820. The minimum absolute atomic E-state index is 0.201. The Labute approximate surface area is 515 Å². The van der Waals surface area contributed by atoms with Crippen LogP contribution in [0.3, 0.4) is 0 Å². The SMILES string of the molecule is CC1(C)c2cc(/C=C/c3ccc(-c4ccc(/C=C/c5ccc6c(c5)C(C)(C)c5cc(N(c7ccc8ccccc8c7)c7cccc8ccccc78)ccc5-6)cc4)cc3)ccc2-c2ccc(N(c3ccc4ccccc4c3)c3cccc4ccccc34)cc21. The molecule has 2 nitrogen and oxygen atoms in total. The number of nitrogens with zero attached hydrogens (tertiary/aromatic N) is 2. The van der Waals surface area contributed by atoms with Crippen LogP contribution >= 0.6 is 0 Å². The molecule has 0 heterocycles. The second kappa shape index (κ2) is 21.0. The first-order valence-electron chi connectivity index (χ1n) is 30.8. The Kier molecular flexibility index (Phi) is 12.6. The maximum atomic E-state index is 2.44. The van der Waals surface area contributed by atoms with Crippen LogP contribution in [0.4, 0.5) is 34.1 Å². The Balaban J connectivity index is 0.614. The van der Waals surface area contributed by atoms with Gasteiger partial charge in [0.1, 0.15) is 0 Å². The topological polar surface area (TPSA) is 6.48 Å². The van der Waals surface area contributed by atoms with Gasteiger partial charge in [0.2, 0.25) is 0 Å². The second-order valence-corrected chi connectivity index (χ2v) is 25.0. The van der Waals surface area contributed by atoms with E-state index in [9.17, 15) is 0 Å². The number of hydrogen-bond donors (Lipinski definition) is 0. The lowest BCUT2D eigenvalue weighted by molar-refractivity contribution is 0.660. The molecule has 0 N–H and O–H groups in total. The van der Waals surface area contributed by atoms with E-state index >= 15 is 0 Å². The summed E-state index contributed by atoms with van der Waals surface area (Å²) in [5.41, 5.74) is 24.3. The van der Waals surface area contributed by atoms with E-state index in [4.69, 9.17) is 0 Å². The highest BCUT2D eigenvalue weighted by atomic mass is 15.1. The summed E-state index contributed by atoms with van der Waals surface area (Å²) in [5, 5.41) is 9.83. The smallest absolute Gasteiger partial charge is 0.0540 e. The zero-order chi connectivity index (χ0) is 59.1. The molecule has 88 heavy (non-hydrogen) atoms. The molecule has 0 amide bonds. The van der Waals surface area contributed by atoms with Crippen LogP contribution in [0.25, 0.3) is 101 Å². The van der Waals surface area contributed by atoms with Crippen molar-refractivity contribution in [1.82, 2.24) is 0 Å². The highest BCUT2D eigenvalue weighted by molar-refractivity contribution is 6.03. The summed E-state index contributed by atoms with van der Waals surface area (Å²) in [6, 6.07) is 108. The van der Waals surface area contributed by atoms with Gasteiger partial charge >= 0.3 is 0 Å². The first-order chi connectivity index (χ1) is 43.1. The molecule has 14 aromatic rings. The summed E-state index contributed by atoms with van der Waals surface area (Å²) >= 11 is 0. The lowest BCUT2D eigenvalue weighted by Gasteiger charge is -2.29. The molecular formula is C86H64N2. The molecule has 0 aromatic heterocycles. The summed E-state index contributed by atoms with van der Waals surface area (Å²) in [7, 11) is 0. The van der Waals surface area contributed by atoms with Crippen LogP contribution in [0.2, 0.25) is 0 Å². The minimum atomic E-state index is -0.201. The van der Waals surface area contributed by atoms with Crippen molar-refractivity contribution in [3.8, 4) is 33.4 Å². The van der Waals surface area contributed by atoms with Crippen molar-refractivity contribution in [1.29, 1.82) is 0 Å². The van der Waals surface area contributed by atoms with Crippen molar-refractivity contribution in [3.63, 3.8) is 0 Å². The molecule has 0 spiro atoms. The van der Waals surface area contributed by atoms with Crippen LogP contribution in [0.5, 0.6) is 0 Å². The molecule has 2 aliphatic rings. The Morgan fingerprint density at radius 2 is 0.545 bits per heavy atom. The lowest BCUT2D eigenvalue weighted by Crippen LogP contribution is -2.17. The van der Waals surface area contributed by atoms with Crippen molar-refractivity contribution in [2.45, 2.75) is 38.5 Å². The number of fused-ring (bicyclic) bond motifs is 10. The predicted octanol–water partition coefficient (Wildman–Crippen LogP) is 23.9. The van der Waals surface area contributed by atoms with Gasteiger partial charge < -0.3 is 9.80 Å². The molecule has 2 aliphatic carbocycles. The summed E-state index contributed by atoms with van der Waals surface area (Å²) in [6.07, 6.45) is 8.99. The van der Waals surface area contributed by atoms with E-state index in [1.54, 1.807) is 0 Å². The zero-order valence-electron chi connectivity index (χ0n) is 49.9. The van der Waals surface area contributed by atoms with Crippen molar-refractivity contribution in [2.24, 2.45) is 0 Å². The van der Waals surface area contributed by atoms with Gasteiger partial charge in [-0.3, -0.25) is 0 Å². The third-order valence-electron chi connectivity index (χ3n) is 19.0. The van der Waals surface area contributed by atoms with Gasteiger partial charge in [0, 0.05) is 44.4 Å². The number of rotatable bonds is 11. The van der Waals surface area contributed by atoms with E-state index in [2.05, 4.69) is 353 Å². The van der Waals surface area contributed by atoms with Gasteiger partial charge in [0.25, 0.3) is 0 Å². The van der Waals surface area contributed by atoms with Gasteiger partial charge in [-0.05, 0) is 171 Å². The van der Waals surface area contributed by atoms with Crippen LogP contribution in [0.1, 0.15) is 72.2 Å². The molecule has 14 aromatic carbocycles. The first-order valence-corrected chi connectivity index (χ1v) is 30.8. The summed E-state index contributed by atoms with van der Waals surface area (Å²) in [6.45, 7) is 9.52. The molecule has 2 heteroatoms. The fourth-order valence-corrected chi connectivity index (χ4v) is 14.2. The fraction of sp³-hybridized carbons (Fsp3) is 0.0698. The van der Waals surface area contributed by atoms with Gasteiger partial charge in [-0.2, -0.15) is 0 Å². The Hall–Kier alpha value is -10.8. The molecule has 0 unspecified atom stereocenters. The van der Waals surface area contributed by atoms with E-state index < -0.39 is 0 Å². The standard InChI is InChI=1S/C86H64N2/c1-85(2)79-51-59(35-47-75(79)77-49-45-71(55-81(77)85)87(69-43-41-61-15-5-7-19-67(61)53-69)83-25-13-21-65-17-9-11-23-73(65)83)29-27-57-31-37-63(38-32-57)64-39-33-58(34-40-64)28-30-60-36-48-76-78-50-46-72(56-82(78)86(3,4)80(76)52-60)88(70-44-42-62-16-6-8-20-68(62)54-70)84-26-14-22-66-18-10-12-24-74(66)84/h5-56H,1-4H3/b29-27+,30-28+. The molecule has 0 bridgehead atoms. The largest absolute Gasteiger partial charge is 0.310 e. The molecule has 0 aliphatic heterocycles. The molecule has 0 atom stereocenters. The summed E-state index contributed by atoms with van der Waals surface area (Å²) < 4.78 is 0. The summed E-state index contributed by atoms with van der Waals surface area (Å²) in [4.78, 5) is 4.89. The summed E-state index contributed by atoms with van der Waals surface area (Å²) in [5.74, 6) is 0. The molecule has 418 valence electrons. The predicted molar refractivity (Wildman–Crippen MR) is 377 cm³/mol. The van der Waals surface area contributed by atoms with Gasteiger partial charge in [0.05, 0.1) is 11.4 Å². The molecular weight excluding hydrogens is 1060 g/mol. The molecule has 0 saturated carbocycles. The maximum absolute atomic E-state index is 2.44. The van der Waals surface area contributed by atoms with Gasteiger partial charge in [0.15, 0.2) is 0 Å². The highest BCUT2D eigenvalue weighted by Gasteiger charge is 2.38. The molecule has 16 rings (SSSR count). The van der Waals surface area contributed by atoms with E-state index in [1.807, 2.05) is 0 Å². The van der Waals surface area contributed by atoms with Crippen molar-refractivity contribution < 1.29 is 0 Å². The van der Waals surface area contributed by atoms with Crippen LogP contribution in [-0.4, -0.2) is 0 Å². The zero-order valence-corrected chi connectivity index (χ0v) is 49.9. The second-order valence-electron chi connectivity index (χ2n) is 25.0. The monoisotopic (exact) mass is 1120 g/mol. The normalized spacial score (nSPS) is 13.5. The third-order valence-corrected chi connectivity index (χ3v) is 19.0. The lowest BCUT2D eigenvalue weighted by atomic mass is 9.81. The average molecular weight is 1130 g/mol. The van der Waals surface area contributed by atoms with Crippen LogP contribution in [0.15, 0.2) is 291 Å². The molecule has 0 radical (unpaired) electrons. The van der Waals surface area contributed by atoms with Gasteiger partial charge in [-0.15, -0.1) is 0 Å². The molecule has 0 saturated heterocycles. The Morgan fingerprint density at radius 3 is 0.966 bits per heavy atom. The van der Waals surface area contributed by atoms with Gasteiger partial charge in [-0.1, -0.05) is 283 Å². The van der Waals surface area contributed by atoms with Crippen molar-refractivity contribution in [2.75, 3.05) is 9.80 Å². The van der Waals surface area contributed by atoms with E-state index in [0.717, 1.165) is 22.7 Å². The van der Waals surface area contributed by atoms with Crippen LogP contribution < -0.4 is 9.80 Å². The van der Waals surface area contributed by atoms with E-state index in [-0.39, 0.29) is 10.8 Å². The van der Waals surface area contributed by atoms with Crippen LogP contribution in [0, 0.1) is 0 Å². The minimum Gasteiger partial charge on any atom is -0.310 e. The fourth-order valence-electron chi connectivity index (χ4n) is 14.2. The quantitative estimate of drug-likeness (QED) is 0.119. The number of anilines is 6. The highest BCUT2D eigenvalue weighted by Crippen LogP contribution is 2.54. The van der Waals surface area contributed by atoms with E-state index in [0.29, 0.717) is 0 Å². The van der Waals surface area contributed by atoms with Crippen LogP contribution in [-0.2, 0) is 10.8 Å². The average Bonchev–Trinajstić information content (AvgIpc) is 1.60.